The van der Waals surface area contributed by atoms with Gasteiger partial charge in [-0.05, 0) is 40.3 Å². The molecule has 20 heavy (non-hydrogen) atoms. The highest BCUT2D eigenvalue weighted by Gasteiger charge is 2.20. The van der Waals surface area contributed by atoms with Gasteiger partial charge in [0, 0.05) is 19.1 Å². The van der Waals surface area contributed by atoms with Crippen molar-refractivity contribution in [2.45, 2.75) is 32.7 Å². The molecule has 1 unspecified atom stereocenters. The van der Waals surface area contributed by atoms with Crippen LogP contribution in [0.4, 0.5) is 11.9 Å². The third-order valence-electron chi connectivity index (χ3n) is 3.39. The lowest BCUT2D eigenvalue weighted by atomic mass is 10.2. The van der Waals surface area contributed by atoms with Crippen LogP contribution in [0.3, 0.4) is 0 Å². The Bertz CT molecular complexity index is 403. The van der Waals surface area contributed by atoms with Gasteiger partial charge in [-0.1, -0.05) is 0 Å². The average molecular weight is 280 g/mol. The van der Waals surface area contributed by atoms with Crippen molar-refractivity contribution in [2.24, 2.45) is 0 Å². The van der Waals surface area contributed by atoms with E-state index in [2.05, 4.69) is 37.5 Å². The molecule has 1 aromatic rings. The molecule has 2 rings (SSSR count). The summed E-state index contributed by atoms with van der Waals surface area (Å²) in [4.78, 5) is 15.2. The fourth-order valence-corrected chi connectivity index (χ4v) is 2.31. The van der Waals surface area contributed by atoms with E-state index in [0.29, 0.717) is 30.6 Å². The Balaban J connectivity index is 2.01. The molecule has 1 aromatic heterocycles. The first-order valence-electron chi connectivity index (χ1n) is 7.29. The van der Waals surface area contributed by atoms with Crippen LogP contribution in [0.25, 0.3) is 0 Å². The van der Waals surface area contributed by atoms with Gasteiger partial charge in [0.05, 0.1) is 6.61 Å². The Morgan fingerprint density at radius 2 is 1.95 bits per heavy atom. The van der Waals surface area contributed by atoms with Gasteiger partial charge in [0.25, 0.3) is 0 Å². The van der Waals surface area contributed by atoms with Crippen molar-refractivity contribution < 1.29 is 4.74 Å². The molecular weight excluding hydrogens is 256 g/mol. The summed E-state index contributed by atoms with van der Waals surface area (Å²) in [5, 5.41) is 6.38. The molecule has 2 N–H and O–H groups in total. The molecule has 1 aliphatic rings. The quantitative estimate of drug-likeness (QED) is 0.777. The fourth-order valence-electron chi connectivity index (χ4n) is 2.31. The van der Waals surface area contributed by atoms with E-state index in [1.165, 1.54) is 12.8 Å². The van der Waals surface area contributed by atoms with Gasteiger partial charge in [0.15, 0.2) is 0 Å². The lowest BCUT2D eigenvalue weighted by Crippen LogP contribution is -2.32. The molecule has 0 aromatic carbocycles. The van der Waals surface area contributed by atoms with Crippen LogP contribution in [0.1, 0.15) is 26.7 Å². The normalized spacial score (nSPS) is 19.1. The smallest absolute Gasteiger partial charge is 0.323 e. The Morgan fingerprint density at radius 1 is 1.20 bits per heavy atom. The van der Waals surface area contributed by atoms with Gasteiger partial charge in [-0.2, -0.15) is 15.0 Å². The Labute approximate surface area is 120 Å². The Kier molecular flexibility index (Phi) is 5.34. The van der Waals surface area contributed by atoms with E-state index in [9.17, 15) is 0 Å². The molecule has 0 spiro atoms. The minimum atomic E-state index is 0.362. The summed E-state index contributed by atoms with van der Waals surface area (Å²) in [5.41, 5.74) is 0. The minimum absolute atomic E-state index is 0.362. The number of ether oxygens (including phenoxy) is 1. The van der Waals surface area contributed by atoms with E-state index >= 15 is 0 Å². The van der Waals surface area contributed by atoms with Gasteiger partial charge in [0.1, 0.15) is 0 Å². The standard InChI is InChI=1S/C13H24N6O/c1-4-14-11-16-12(18-13(17-11)20-5-2)15-9-10-7-6-8-19(10)3/h10H,4-9H2,1-3H3,(H2,14,15,16,17,18). The summed E-state index contributed by atoms with van der Waals surface area (Å²) in [6.45, 7) is 7.23. The Morgan fingerprint density at radius 3 is 2.55 bits per heavy atom. The molecule has 0 saturated carbocycles. The summed E-state index contributed by atoms with van der Waals surface area (Å²) >= 11 is 0. The van der Waals surface area contributed by atoms with Crippen LogP contribution < -0.4 is 15.4 Å². The van der Waals surface area contributed by atoms with E-state index < -0.39 is 0 Å². The molecule has 2 heterocycles. The molecule has 7 nitrogen and oxygen atoms in total. The minimum Gasteiger partial charge on any atom is -0.464 e. The monoisotopic (exact) mass is 280 g/mol. The zero-order chi connectivity index (χ0) is 14.4. The van der Waals surface area contributed by atoms with Crippen LogP contribution in [0.2, 0.25) is 0 Å². The predicted octanol–water partition coefficient (Wildman–Crippen LogP) is 1.21. The van der Waals surface area contributed by atoms with Crippen LogP contribution >= 0.6 is 0 Å². The zero-order valence-electron chi connectivity index (χ0n) is 12.5. The third kappa shape index (κ3) is 3.93. The van der Waals surface area contributed by atoms with Crippen LogP contribution in [0.5, 0.6) is 6.01 Å². The number of likely N-dealkylation sites (N-methyl/N-ethyl adjacent to an activating group) is 1. The first kappa shape index (κ1) is 14.8. The van der Waals surface area contributed by atoms with Crippen LogP contribution in [0, 0.1) is 0 Å². The first-order valence-corrected chi connectivity index (χ1v) is 7.29. The van der Waals surface area contributed by atoms with Crippen molar-refractivity contribution in [2.75, 3.05) is 43.9 Å². The van der Waals surface area contributed by atoms with Crippen LogP contribution in [0.15, 0.2) is 0 Å². The van der Waals surface area contributed by atoms with Crippen LogP contribution in [-0.4, -0.2) is 59.2 Å². The Hall–Kier alpha value is -1.63. The second-order valence-corrected chi connectivity index (χ2v) is 4.89. The summed E-state index contributed by atoms with van der Waals surface area (Å²) in [7, 11) is 2.16. The molecule has 1 atom stereocenters. The first-order chi connectivity index (χ1) is 9.72. The summed E-state index contributed by atoms with van der Waals surface area (Å²) in [6.07, 6.45) is 2.47. The fraction of sp³-hybridized carbons (Fsp3) is 0.769. The molecule has 0 amide bonds. The SMILES string of the molecule is CCNc1nc(NCC2CCCN2C)nc(OCC)n1. The number of rotatable bonds is 7. The van der Waals surface area contributed by atoms with Gasteiger partial charge in [-0.3, -0.25) is 0 Å². The van der Waals surface area contributed by atoms with Gasteiger partial charge < -0.3 is 20.3 Å². The number of anilines is 2. The van der Waals surface area contributed by atoms with E-state index in [1.807, 2.05) is 13.8 Å². The second kappa shape index (κ2) is 7.23. The second-order valence-electron chi connectivity index (χ2n) is 4.89. The number of likely N-dealkylation sites (tertiary alicyclic amines) is 1. The summed E-state index contributed by atoms with van der Waals surface area (Å²) in [5.74, 6) is 1.12. The van der Waals surface area contributed by atoms with Crippen molar-refractivity contribution in [3.05, 3.63) is 0 Å². The topological polar surface area (TPSA) is 75.2 Å². The molecule has 112 valence electrons. The lowest BCUT2D eigenvalue weighted by molar-refractivity contribution is 0.311. The third-order valence-corrected chi connectivity index (χ3v) is 3.39. The highest BCUT2D eigenvalue weighted by molar-refractivity contribution is 5.35. The summed E-state index contributed by atoms with van der Waals surface area (Å²) < 4.78 is 5.37. The molecule has 1 aliphatic heterocycles. The van der Waals surface area contributed by atoms with Crippen molar-refractivity contribution in [3.8, 4) is 6.01 Å². The van der Waals surface area contributed by atoms with E-state index in [0.717, 1.165) is 19.6 Å². The van der Waals surface area contributed by atoms with Gasteiger partial charge in [0.2, 0.25) is 11.9 Å². The van der Waals surface area contributed by atoms with Crippen molar-refractivity contribution in [1.29, 1.82) is 0 Å². The molecule has 1 saturated heterocycles. The molecule has 1 fully saturated rings. The van der Waals surface area contributed by atoms with Crippen molar-refractivity contribution in [1.82, 2.24) is 19.9 Å². The molecule has 7 heteroatoms. The highest BCUT2D eigenvalue weighted by atomic mass is 16.5. The predicted molar refractivity (Wildman–Crippen MR) is 79.3 cm³/mol. The maximum Gasteiger partial charge on any atom is 0.323 e. The number of aromatic nitrogens is 3. The largest absolute Gasteiger partial charge is 0.464 e. The maximum atomic E-state index is 5.37. The number of hydrogen-bond acceptors (Lipinski definition) is 7. The molecule has 0 aliphatic carbocycles. The van der Waals surface area contributed by atoms with Crippen molar-refractivity contribution in [3.63, 3.8) is 0 Å². The summed E-state index contributed by atoms with van der Waals surface area (Å²) in [6, 6.07) is 0.908. The number of hydrogen-bond donors (Lipinski definition) is 2. The number of nitrogens with one attached hydrogen (secondary N) is 2. The molecule has 0 bridgehead atoms. The zero-order valence-corrected chi connectivity index (χ0v) is 12.5. The molecular formula is C13H24N6O. The average Bonchev–Trinajstić information content (AvgIpc) is 2.83. The maximum absolute atomic E-state index is 5.37. The van der Waals surface area contributed by atoms with E-state index in [4.69, 9.17) is 4.74 Å². The number of nitrogens with zero attached hydrogens (tertiary/aromatic N) is 4. The highest BCUT2D eigenvalue weighted by Crippen LogP contribution is 2.16. The van der Waals surface area contributed by atoms with E-state index in [1.54, 1.807) is 0 Å². The van der Waals surface area contributed by atoms with Gasteiger partial charge >= 0.3 is 6.01 Å². The van der Waals surface area contributed by atoms with Gasteiger partial charge in [-0.15, -0.1) is 0 Å². The van der Waals surface area contributed by atoms with E-state index in [-0.39, 0.29) is 0 Å². The molecule has 0 radical (unpaired) electrons. The lowest BCUT2D eigenvalue weighted by Gasteiger charge is -2.19. The van der Waals surface area contributed by atoms with Crippen molar-refractivity contribution >= 4 is 11.9 Å². The van der Waals surface area contributed by atoms with Gasteiger partial charge in [-0.25, -0.2) is 0 Å². The van der Waals surface area contributed by atoms with Crippen LogP contribution in [-0.2, 0) is 0 Å².